The third-order valence-corrected chi connectivity index (χ3v) is 4.09. The highest BCUT2D eigenvalue weighted by Crippen LogP contribution is 2.24. The Bertz CT molecular complexity index is 811. The lowest BCUT2D eigenvalue weighted by atomic mass is 10.2. The Labute approximate surface area is 165 Å². The average Bonchev–Trinajstić information content (AvgIpc) is 2.63. The van der Waals surface area contributed by atoms with Gasteiger partial charge in [-0.25, -0.2) is 5.43 Å². The standard InChI is InChI=1S/C17H14Cl3N3O3/c18-12-4-6-13(7-5-12)26-10-16(25)21-9-15(24)23-22-8-11-2-1-3-14(19)17(11)20/h1-8H,9-10H2,(H,21,25)(H,23,24)/b22-8+. The minimum Gasteiger partial charge on any atom is -0.484 e. The fourth-order valence-corrected chi connectivity index (χ4v) is 2.23. The van der Waals surface area contributed by atoms with Crippen LogP contribution in [0.15, 0.2) is 47.6 Å². The van der Waals surface area contributed by atoms with Gasteiger partial charge in [0, 0.05) is 10.6 Å². The summed E-state index contributed by atoms with van der Waals surface area (Å²) < 4.78 is 5.26. The van der Waals surface area contributed by atoms with Gasteiger partial charge in [-0.05, 0) is 30.3 Å². The molecular formula is C17H14Cl3N3O3. The summed E-state index contributed by atoms with van der Waals surface area (Å²) in [5.74, 6) is -0.451. The molecule has 0 spiro atoms. The van der Waals surface area contributed by atoms with E-state index in [1.54, 1.807) is 42.5 Å². The smallest absolute Gasteiger partial charge is 0.259 e. The number of amides is 2. The van der Waals surface area contributed by atoms with Crippen LogP contribution in [0, 0.1) is 0 Å². The summed E-state index contributed by atoms with van der Waals surface area (Å²) >= 11 is 17.6. The lowest BCUT2D eigenvalue weighted by Crippen LogP contribution is -2.37. The minimum absolute atomic E-state index is 0.226. The van der Waals surface area contributed by atoms with Gasteiger partial charge in [0.2, 0.25) is 0 Å². The number of hydrogen-bond acceptors (Lipinski definition) is 4. The summed E-state index contributed by atoms with van der Waals surface area (Å²) in [6.07, 6.45) is 1.36. The van der Waals surface area contributed by atoms with Crippen molar-refractivity contribution in [3.8, 4) is 5.75 Å². The van der Waals surface area contributed by atoms with Gasteiger partial charge in [-0.2, -0.15) is 5.10 Å². The molecule has 0 aliphatic rings. The van der Waals surface area contributed by atoms with Crippen molar-refractivity contribution in [2.45, 2.75) is 0 Å². The Morgan fingerprint density at radius 1 is 1.04 bits per heavy atom. The van der Waals surface area contributed by atoms with Crippen LogP contribution in [0.2, 0.25) is 15.1 Å². The Morgan fingerprint density at radius 3 is 2.50 bits per heavy atom. The highest BCUT2D eigenvalue weighted by molar-refractivity contribution is 6.43. The fraction of sp³-hybridized carbons (Fsp3) is 0.118. The van der Waals surface area contributed by atoms with Crippen LogP contribution in [0.4, 0.5) is 0 Å². The van der Waals surface area contributed by atoms with E-state index in [9.17, 15) is 9.59 Å². The van der Waals surface area contributed by atoms with Gasteiger partial charge in [-0.15, -0.1) is 0 Å². The van der Waals surface area contributed by atoms with Gasteiger partial charge >= 0.3 is 0 Å². The predicted molar refractivity (Wildman–Crippen MR) is 102 cm³/mol. The second kappa shape index (κ2) is 10.0. The zero-order valence-corrected chi connectivity index (χ0v) is 15.6. The van der Waals surface area contributed by atoms with Crippen molar-refractivity contribution in [3.05, 3.63) is 63.1 Å². The SMILES string of the molecule is O=C(COc1ccc(Cl)cc1)NCC(=O)N/N=C/c1cccc(Cl)c1Cl. The first-order chi connectivity index (χ1) is 12.5. The summed E-state index contributed by atoms with van der Waals surface area (Å²) in [5, 5.41) is 7.46. The van der Waals surface area contributed by atoms with Crippen LogP contribution in [0.1, 0.15) is 5.56 Å². The average molecular weight is 415 g/mol. The fourth-order valence-electron chi connectivity index (χ4n) is 1.74. The Kier molecular flexibility index (Phi) is 7.72. The maximum Gasteiger partial charge on any atom is 0.259 e. The number of benzene rings is 2. The number of hydrogen-bond donors (Lipinski definition) is 2. The Hall–Kier alpha value is -2.28. The second-order valence-corrected chi connectivity index (χ2v) is 6.18. The largest absolute Gasteiger partial charge is 0.484 e. The van der Waals surface area contributed by atoms with Crippen molar-refractivity contribution in [2.75, 3.05) is 13.2 Å². The monoisotopic (exact) mass is 413 g/mol. The van der Waals surface area contributed by atoms with Gasteiger partial charge in [0.15, 0.2) is 6.61 Å². The molecule has 2 rings (SSSR count). The molecule has 2 aromatic carbocycles. The first-order valence-corrected chi connectivity index (χ1v) is 8.50. The van der Waals surface area contributed by atoms with E-state index in [2.05, 4.69) is 15.8 Å². The molecule has 0 aliphatic heterocycles. The van der Waals surface area contributed by atoms with E-state index in [0.29, 0.717) is 26.4 Å². The van der Waals surface area contributed by atoms with Crippen molar-refractivity contribution in [1.82, 2.24) is 10.7 Å². The summed E-state index contributed by atoms with van der Waals surface area (Å²) in [6.45, 7) is -0.472. The molecule has 136 valence electrons. The molecule has 0 heterocycles. The van der Waals surface area contributed by atoms with E-state index in [-0.39, 0.29) is 13.2 Å². The second-order valence-electron chi connectivity index (χ2n) is 4.96. The zero-order chi connectivity index (χ0) is 18.9. The molecule has 0 fully saturated rings. The maximum absolute atomic E-state index is 11.7. The molecule has 9 heteroatoms. The van der Waals surface area contributed by atoms with Crippen LogP contribution in [-0.2, 0) is 9.59 Å². The molecule has 26 heavy (non-hydrogen) atoms. The minimum atomic E-state index is -0.501. The molecule has 2 amide bonds. The molecular weight excluding hydrogens is 401 g/mol. The van der Waals surface area contributed by atoms with E-state index >= 15 is 0 Å². The molecule has 0 radical (unpaired) electrons. The van der Waals surface area contributed by atoms with E-state index in [0.717, 1.165) is 0 Å². The van der Waals surface area contributed by atoms with Crippen LogP contribution < -0.4 is 15.5 Å². The summed E-state index contributed by atoms with van der Waals surface area (Å²) in [7, 11) is 0. The highest BCUT2D eigenvalue weighted by Gasteiger charge is 2.06. The number of nitrogens with one attached hydrogen (secondary N) is 2. The highest BCUT2D eigenvalue weighted by atomic mass is 35.5. The Morgan fingerprint density at radius 2 is 1.77 bits per heavy atom. The molecule has 0 aliphatic carbocycles. The number of nitrogens with zero attached hydrogens (tertiary/aromatic N) is 1. The topological polar surface area (TPSA) is 79.8 Å². The van der Waals surface area contributed by atoms with E-state index in [4.69, 9.17) is 39.5 Å². The molecule has 0 saturated carbocycles. The first-order valence-electron chi connectivity index (χ1n) is 7.36. The maximum atomic E-state index is 11.7. The number of carbonyl (C=O) groups excluding carboxylic acids is 2. The van der Waals surface area contributed by atoms with Gasteiger partial charge in [0.25, 0.3) is 11.8 Å². The molecule has 0 bridgehead atoms. The van der Waals surface area contributed by atoms with Crippen LogP contribution in [0.3, 0.4) is 0 Å². The van der Waals surface area contributed by atoms with Crippen LogP contribution in [0.5, 0.6) is 5.75 Å². The predicted octanol–water partition coefficient (Wildman–Crippen LogP) is 3.29. The first kappa shape index (κ1) is 20.0. The number of hydrazone groups is 1. The van der Waals surface area contributed by atoms with Crippen molar-refractivity contribution in [3.63, 3.8) is 0 Å². The third-order valence-electron chi connectivity index (χ3n) is 3.00. The summed E-state index contributed by atoms with van der Waals surface area (Å²) in [6, 6.07) is 11.6. The van der Waals surface area contributed by atoms with Gasteiger partial charge in [-0.3, -0.25) is 9.59 Å². The van der Waals surface area contributed by atoms with Gasteiger partial charge in [0.1, 0.15) is 5.75 Å². The number of carbonyl (C=O) groups is 2. The van der Waals surface area contributed by atoms with E-state index in [1.165, 1.54) is 6.21 Å². The molecule has 0 unspecified atom stereocenters. The molecule has 2 aromatic rings. The van der Waals surface area contributed by atoms with Crippen molar-refractivity contribution >= 4 is 52.8 Å². The van der Waals surface area contributed by atoms with Crippen LogP contribution in [-0.4, -0.2) is 31.2 Å². The van der Waals surface area contributed by atoms with E-state index < -0.39 is 11.8 Å². The Balaban J connectivity index is 1.70. The summed E-state index contributed by atoms with van der Waals surface area (Å²) in [4.78, 5) is 23.3. The quantitative estimate of drug-likeness (QED) is 0.539. The van der Waals surface area contributed by atoms with Crippen LogP contribution in [0.25, 0.3) is 0 Å². The number of halogens is 3. The number of ether oxygens (including phenoxy) is 1. The van der Waals surface area contributed by atoms with Gasteiger partial charge in [0.05, 0.1) is 22.8 Å². The lowest BCUT2D eigenvalue weighted by molar-refractivity contribution is -0.127. The van der Waals surface area contributed by atoms with E-state index in [1.807, 2.05) is 0 Å². The zero-order valence-electron chi connectivity index (χ0n) is 13.3. The van der Waals surface area contributed by atoms with Gasteiger partial charge < -0.3 is 10.1 Å². The molecule has 2 N–H and O–H groups in total. The van der Waals surface area contributed by atoms with Crippen molar-refractivity contribution in [2.24, 2.45) is 5.10 Å². The third kappa shape index (κ3) is 6.55. The molecule has 0 saturated heterocycles. The molecule has 6 nitrogen and oxygen atoms in total. The van der Waals surface area contributed by atoms with Crippen molar-refractivity contribution in [1.29, 1.82) is 0 Å². The molecule has 0 aromatic heterocycles. The lowest BCUT2D eigenvalue weighted by Gasteiger charge is -2.07. The van der Waals surface area contributed by atoms with Gasteiger partial charge in [-0.1, -0.05) is 46.9 Å². The van der Waals surface area contributed by atoms with Crippen molar-refractivity contribution < 1.29 is 14.3 Å². The normalized spacial score (nSPS) is 10.6. The number of rotatable bonds is 7. The molecule has 0 atom stereocenters. The van der Waals surface area contributed by atoms with Crippen LogP contribution >= 0.6 is 34.8 Å². The summed E-state index contributed by atoms with van der Waals surface area (Å²) in [5.41, 5.74) is 2.83.